The van der Waals surface area contributed by atoms with Crippen LogP contribution in [0.15, 0.2) is 29.4 Å². The highest BCUT2D eigenvalue weighted by molar-refractivity contribution is 7.48. The highest BCUT2D eigenvalue weighted by Gasteiger charge is 2.32. The van der Waals surface area contributed by atoms with E-state index in [1.54, 1.807) is 52.0 Å². The molecule has 0 amide bonds. The highest BCUT2D eigenvalue weighted by atomic mass is 35.5. The number of hydrogen-bond donors (Lipinski definition) is 0. The van der Waals surface area contributed by atoms with Gasteiger partial charge in [0.1, 0.15) is 6.07 Å². The Labute approximate surface area is 135 Å². The molecule has 0 bridgehead atoms. The second-order valence-corrected chi connectivity index (χ2v) is 6.81. The van der Waals surface area contributed by atoms with Gasteiger partial charge in [-0.05, 0) is 39.8 Å². The Hall–Kier alpha value is -1.38. The normalized spacial score (nSPS) is 12.5. The largest absolute Gasteiger partial charge is 0.551 e. The third kappa shape index (κ3) is 6.17. The van der Waals surface area contributed by atoms with Crippen LogP contribution in [-0.4, -0.2) is 17.9 Å². The minimum atomic E-state index is -3.89. The molecule has 0 fully saturated rings. The van der Waals surface area contributed by atoms with Gasteiger partial charge in [0.25, 0.3) is 0 Å². The van der Waals surface area contributed by atoms with Crippen molar-refractivity contribution in [1.29, 1.82) is 5.26 Å². The van der Waals surface area contributed by atoms with E-state index in [-0.39, 0.29) is 17.9 Å². The molecule has 0 atom stereocenters. The molecule has 0 saturated heterocycles. The lowest BCUT2D eigenvalue weighted by Crippen LogP contribution is -2.09. The molecule has 120 valence electrons. The quantitative estimate of drug-likeness (QED) is 0.412. The van der Waals surface area contributed by atoms with Gasteiger partial charge in [-0.3, -0.25) is 13.7 Å². The molecule has 8 heteroatoms. The molecule has 0 aliphatic heterocycles. The van der Waals surface area contributed by atoms with Gasteiger partial charge in [-0.1, -0.05) is 28.9 Å². The van der Waals surface area contributed by atoms with Gasteiger partial charge in [-0.15, -0.1) is 0 Å². The lowest BCUT2D eigenvalue weighted by Gasteiger charge is -2.19. The van der Waals surface area contributed by atoms with Crippen LogP contribution >= 0.6 is 19.4 Å². The van der Waals surface area contributed by atoms with Crippen LogP contribution in [-0.2, 0) is 18.2 Å². The van der Waals surface area contributed by atoms with Crippen molar-refractivity contribution in [3.05, 3.63) is 34.9 Å². The fraction of sp³-hybridized carbons (Fsp3) is 0.429. The van der Waals surface area contributed by atoms with Crippen molar-refractivity contribution in [2.45, 2.75) is 39.9 Å². The highest BCUT2D eigenvalue weighted by Crippen LogP contribution is 2.52. The molecule has 0 aliphatic carbocycles. The number of halogens is 1. The zero-order valence-corrected chi connectivity index (χ0v) is 14.5. The van der Waals surface area contributed by atoms with E-state index in [4.69, 9.17) is 30.5 Å². The summed E-state index contributed by atoms with van der Waals surface area (Å²) in [7, 11) is -3.89. The summed E-state index contributed by atoms with van der Waals surface area (Å²) >= 11 is 5.79. The van der Waals surface area contributed by atoms with Crippen LogP contribution in [0.1, 0.15) is 33.3 Å². The third-order valence-electron chi connectivity index (χ3n) is 2.14. The fourth-order valence-electron chi connectivity index (χ4n) is 1.42. The van der Waals surface area contributed by atoms with Crippen molar-refractivity contribution in [2.24, 2.45) is 5.16 Å². The second-order valence-electron chi connectivity index (χ2n) is 4.90. The van der Waals surface area contributed by atoms with E-state index in [9.17, 15) is 4.57 Å². The van der Waals surface area contributed by atoms with Crippen molar-refractivity contribution in [3.63, 3.8) is 0 Å². The number of oxime groups is 1. The van der Waals surface area contributed by atoms with E-state index in [0.29, 0.717) is 10.6 Å². The average molecular weight is 345 g/mol. The lowest BCUT2D eigenvalue weighted by molar-refractivity contribution is 0.0740. The van der Waals surface area contributed by atoms with Crippen LogP contribution in [0.5, 0.6) is 0 Å². The van der Waals surface area contributed by atoms with E-state index in [2.05, 4.69) is 5.16 Å². The first-order valence-corrected chi connectivity index (χ1v) is 8.49. The Bertz CT molecular complexity index is 594. The fourth-order valence-corrected chi connectivity index (χ4v) is 2.88. The molecule has 1 aromatic rings. The van der Waals surface area contributed by atoms with Crippen LogP contribution < -0.4 is 0 Å². The summed E-state index contributed by atoms with van der Waals surface area (Å²) in [5, 5.41) is 13.3. The predicted molar refractivity (Wildman–Crippen MR) is 84.7 cm³/mol. The molecule has 1 rings (SSSR count). The van der Waals surface area contributed by atoms with Crippen molar-refractivity contribution in [3.8, 4) is 6.07 Å². The van der Waals surface area contributed by atoms with E-state index in [0.717, 1.165) is 0 Å². The van der Waals surface area contributed by atoms with Gasteiger partial charge in [0.05, 0.1) is 12.2 Å². The van der Waals surface area contributed by atoms with Gasteiger partial charge in [0.15, 0.2) is 5.71 Å². The van der Waals surface area contributed by atoms with Crippen molar-refractivity contribution < 1.29 is 18.2 Å². The first-order chi connectivity index (χ1) is 10.3. The number of hydrogen-bond acceptors (Lipinski definition) is 6. The number of rotatable bonds is 7. The molecule has 0 spiro atoms. The summed E-state index contributed by atoms with van der Waals surface area (Å²) in [6.45, 7) is 6.75. The molecule has 1 aromatic carbocycles. The first-order valence-electron chi connectivity index (χ1n) is 6.65. The van der Waals surface area contributed by atoms with E-state index >= 15 is 0 Å². The van der Waals surface area contributed by atoms with Crippen LogP contribution in [0, 0.1) is 11.3 Å². The van der Waals surface area contributed by atoms with E-state index in [1.165, 1.54) is 0 Å². The molecule has 0 radical (unpaired) electrons. The number of nitriles is 1. The number of nitrogens with zero attached hydrogens (tertiary/aromatic N) is 2. The molecule has 0 aliphatic rings. The number of phosphoric ester groups is 1. The summed E-state index contributed by atoms with van der Waals surface area (Å²) < 4.78 is 27.7. The summed E-state index contributed by atoms with van der Waals surface area (Å²) in [6.07, 6.45) is -0.776. The second kappa shape index (κ2) is 8.30. The Morgan fingerprint density at radius 2 is 1.68 bits per heavy atom. The van der Waals surface area contributed by atoms with Gasteiger partial charge in [0, 0.05) is 10.6 Å². The Balaban J connectivity index is 2.98. The predicted octanol–water partition coefficient (Wildman–Crippen LogP) is 4.54. The maximum Gasteiger partial charge on any atom is 0.551 e. The van der Waals surface area contributed by atoms with Crippen LogP contribution in [0.4, 0.5) is 0 Å². The van der Waals surface area contributed by atoms with Crippen molar-refractivity contribution >= 4 is 25.1 Å². The van der Waals surface area contributed by atoms with Crippen molar-refractivity contribution in [1.82, 2.24) is 0 Å². The van der Waals surface area contributed by atoms with Crippen LogP contribution in [0.2, 0.25) is 5.02 Å². The minimum absolute atomic E-state index is 0.0587. The molecule has 6 nitrogen and oxygen atoms in total. The molecule has 0 saturated carbocycles. The molecule has 0 aromatic heterocycles. The zero-order chi connectivity index (χ0) is 16.8. The monoisotopic (exact) mass is 344 g/mol. The minimum Gasteiger partial charge on any atom is -0.291 e. The van der Waals surface area contributed by atoms with Gasteiger partial charge in [0.2, 0.25) is 0 Å². The number of phosphoric acid groups is 1. The van der Waals surface area contributed by atoms with Gasteiger partial charge in [-0.2, -0.15) is 5.26 Å². The molecule has 0 N–H and O–H groups in total. The lowest BCUT2D eigenvalue weighted by atomic mass is 10.1. The summed E-state index contributed by atoms with van der Waals surface area (Å²) in [5.41, 5.74) is 0.421. The zero-order valence-electron chi connectivity index (χ0n) is 12.8. The molecule has 22 heavy (non-hydrogen) atoms. The standard InChI is InChI=1S/C14H18ClN2O4P/c1-10(2)19-22(18,20-11(3)4)21-17-14(9-16)12-5-7-13(15)8-6-12/h5-8,10-11H,1-4H3/b17-14+. The molecule has 0 unspecified atom stereocenters. The SMILES string of the molecule is CC(C)OP(=O)(O/N=C(\C#N)c1ccc(Cl)cc1)OC(C)C. The summed E-state index contributed by atoms with van der Waals surface area (Å²) in [5.74, 6) is 0. The van der Waals surface area contributed by atoms with Gasteiger partial charge < -0.3 is 0 Å². The van der Waals surface area contributed by atoms with E-state index < -0.39 is 7.82 Å². The molecular weight excluding hydrogens is 327 g/mol. The van der Waals surface area contributed by atoms with Crippen LogP contribution in [0.3, 0.4) is 0 Å². The molecule has 0 heterocycles. The maximum absolute atomic E-state index is 12.4. The molecular formula is C14H18ClN2O4P. The van der Waals surface area contributed by atoms with Gasteiger partial charge >= 0.3 is 7.82 Å². The Morgan fingerprint density at radius 1 is 1.18 bits per heavy atom. The Morgan fingerprint density at radius 3 is 2.09 bits per heavy atom. The van der Waals surface area contributed by atoms with Crippen molar-refractivity contribution in [2.75, 3.05) is 0 Å². The van der Waals surface area contributed by atoms with Crippen LogP contribution in [0.25, 0.3) is 0 Å². The summed E-state index contributed by atoms with van der Waals surface area (Å²) in [6, 6.07) is 8.29. The topological polar surface area (TPSA) is 80.9 Å². The first kappa shape index (κ1) is 18.7. The van der Waals surface area contributed by atoms with Gasteiger partial charge in [-0.25, -0.2) is 4.57 Å². The number of benzene rings is 1. The maximum atomic E-state index is 12.4. The summed E-state index contributed by atoms with van der Waals surface area (Å²) in [4.78, 5) is 0. The Kier molecular flexibility index (Phi) is 7.05. The van der Waals surface area contributed by atoms with E-state index in [1.807, 2.05) is 6.07 Å². The average Bonchev–Trinajstić information content (AvgIpc) is 2.39. The smallest absolute Gasteiger partial charge is 0.291 e. The third-order valence-corrected chi connectivity index (χ3v) is 4.03.